The van der Waals surface area contributed by atoms with Crippen LogP contribution < -0.4 is 0 Å². The van der Waals surface area contributed by atoms with Gasteiger partial charge in [0, 0.05) is 0 Å². The molecule has 0 aromatic carbocycles. The Morgan fingerprint density at radius 2 is 1.29 bits per heavy atom. The van der Waals surface area contributed by atoms with Gasteiger partial charge in [-0.1, -0.05) is 72.5 Å². The zero-order valence-electron chi connectivity index (χ0n) is 13.1. The predicted molar refractivity (Wildman–Crippen MR) is 78.2 cm³/mol. The van der Waals surface area contributed by atoms with Gasteiger partial charge in [-0.3, -0.25) is 0 Å². The fourth-order valence-electron chi connectivity index (χ4n) is 3.11. The van der Waals surface area contributed by atoms with Gasteiger partial charge in [0.15, 0.2) is 0 Å². The van der Waals surface area contributed by atoms with E-state index < -0.39 is 0 Å². The molecule has 0 radical (unpaired) electrons. The molecule has 1 aliphatic carbocycles. The molecule has 1 rings (SSSR count). The molecular weight excluding hydrogens is 204 g/mol. The van der Waals surface area contributed by atoms with Crippen molar-refractivity contribution < 1.29 is 0 Å². The Hall–Kier alpha value is -0.260. The third kappa shape index (κ3) is 3.86. The summed E-state index contributed by atoms with van der Waals surface area (Å²) in [5.41, 5.74) is 4.24. The molecule has 0 amide bonds. The van der Waals surface area contributed by atoms with Crippen LogP contribution in [0.2, 0.25) is 0 Å². The Bertz CT molecular complexity index is 254. The largest absolute Gasteiger partial charge is 0.0654 e. The number of allylic oxidation sites excluding steroid dienone is 2. The smallest absolute Gasteiger partial charge is 0.0170 e. The summed E-state index contributed by atoms with van der Waals surface area (Å²) in [6.45, 7) is 16.6. The molecule has 0 N–H and O–H groups in total. The fourth-order valence-corrected chi connectivity index (χ4v) is 3.11. The maximum Gasteiger partial charge on any atom is -0.0170 e. The first-order valence-corrected chi connectivity index (χ1v) is 7.39. The van der Waals surface area contributed by atoms with Crippen molar-refractivity contribution in [2.45, 2.75) is 80.6 Å². The standard InChI is InChI=1S/C17H32/c1-8-9-10-13-11-14(16(2,3)4)15(12-13)17(5,6)7/h13H,8-12H2,1-7H3. The van der Waals surface area contributed by atoms with Crippen molar-refractivity contribution in [3.63, 3.8) is 0 Å². The van der Waals surface area contributed by atoms with Gasteiger partial charge in [-0.25, -0.2) is 0 Å². The van der Waals surface area contributed by atoms with Crippen LogP contribution >= 0.6 is 0 Å². The number of hydrogen-bond acceptors (Lipinski definition) is 0. The number of rotatable bonds is 3. The van der Waals surface area contributed by atoms with E-state index in [1.54, 1.807) is 11.1 Å². The van der Waals surface area contributed by atoms with E-state index in [0.29, 0.717) is 10.8 Å². The van der Waals surface area contributed by atoms with Gasteiger partial charge < -0.3 is 0 Å². The molecule has 0 heterocycles. The van der Waals surface area contributed by atoms with E-state index >= 15 is 0 Å². The van der Waals surface area contributed by atoms with Crippen molar-refractivity contribution in [3.8, 4) is 0 Å². The van der Waals surface area contributed by atoms with E-state index in [1.807, 2.05) is 0 Å². The number of hydrogen-bond donors (Lipinski definition) is 0. The molecule has 1 aliphatic rings. The molecule has 0 atom stereocenters. The Morgan fingerprint density at radius 1 is 0.882 bits per heavy atom. The lowest BCUT2D eigenvalue weighted by Gasteiger charge is -2.29. The van der Waals surface area contributed by atoms with E-state index in [9.17, 15) is 0 Å². The SMILES string of the molecule is CCCCC1CC(C(C)(C)C)=C(C(C)(C)C)C1. The van der Waals surface area contributed by atoms with Gasteiger partial charge in [-0.15, -0.1) is 0 Å². The zero-order chi connectivity index (χ0) is 13.3. The van der Waals surface area contributed by atoms with Gasteiger partial charge in [0.2, 0.25) is 0 Å². The second kappa shape index (κ2) is 5.16. The highest BCUT2D eigenvalue weighted by atomic mass is 14.4. The average Bonchev–Trinajstić information content (AvgIpc) is 2.57. The van der Waals surface area contributed by atoms with Crippen molar-refractivity contribution in [2.24, 2.45) is 16.7 Å². The summed E-state index contributed by atoms with van der Waals surface area (Å²) >= 11 is 0. The van der Waals surface area contributed by atoms with E-state index in [0.717, 1.165) is 5.92 Å². The van der Waals surface area contributed by atoms with Gasteiger partial charge >= 0.3 is 0 Å². The van der Waals surface area contributed by atoms with E-state index in [2.05, 4.69) is 48.5 Å². The van der Waals surface area contributed by atoms with Crippen LogP contribution in [-0.4, -0.2) is 0 Å². The lowest BCUT2D eigenvalue weighted by atomic mass is 9.76. The molecule has 0 fully saturated rings. The van der Waals surface area contributed by atoms with Gasteiger partial charge in [0.1, 0.15) is 0 Å². The van der Waals surface area contributed by atoms with Crippen molar-refractivity contribution in [3.05, 3.63) is 11.1 Å². The van der Waals surface area contributed by atoms with E-state index in [4.69, 9.17) is 0 Å². The lowest BCUT2D eigenvalue weighted by molar-refractivity contribution is 0.432. The van der Waals surface area contributed by atoms with E-state index in [1.165, 1.54) is 32.1 Å². The summed E-state index contributed by atoms with van der Waals surface area (Å²) in [4.78, 5) is 0. The van der Waals surface area contributed by atoms with Crippen molar-refractivity contribution in [2.75, 3.05) is 0 Å². The van der Waals surface area contributed by atoms with Gasteiger partial charge in [0.25, 0.3) is 0 Å². The third-order valence-electron chi connectivity index (χ3n) is 4.13. The van der Waals surface area contributed by atoms with Crippen LogP contribution in [0.1, 0.15) is 80.6 Å². The first-order chi connectivity index (χ1) is 7.66. The minimum Gasteiger partial charge on any atom is -0.0654 e. The van der Waals surface area contributed by atoms with Crippen molar-refractivity contribution in [1.82, 2.24) is 0 Å². The third-order valence-corrected chi connectivity index (χ3v) is 4.13. The average molecular weight is 236 g/mol. The maximum absolute atomic E-state index is 2.39. The highest BCUT2D eigenvalue weighted by Gasteiger charge is 2.35. The minimum atomic E-state index is 0.365. The van der Waals surface area contributed by atoms with Gasteiger partial charge in [-0.05, 0) is 36.0 Å². The van der Waals surface area contributed by atoms with Crippen LogP contribution in [0.15, 0.2) is 11.1 Å². The van der Waals surface area contributed by atoms with Gasteiger partial charge in [0.05, 0.1) is 0 Å². The summed E-state index contributed by atoms with van der Waals surface area (Å²) in [5.74, 6) is 0.929. The normalized spacial score (nSPS) is 19.2. The predicted octanol–water partition coefficient (Wildman–Crippen LogP) is 5.98. The summed E-state index contributed by atoms with van der Waals surface area (Å²) in [5, 5.41) is 0. The summed E-state index contributed by atoms with van der Waals surface area (Å²) < 4.78 is 0. The second-order valence-electron chi connectivity index (χ2n) is 7.87. The molecule has 0 aliphatic heterocycles. The zero-order valence-corrected chi connectivity index (χ0v) is 13.1. The highest BCUT2D eigenvalue weighted by molar-refractivity contribution is 5.30. The molecule has 0 aromatic heterocycles. The molecule has 0 saturated heterocycles. The molecule has 0 bridgehead atoms. The molecular formula is C17H32. The van der Waals surface area contributed by atoms with Crippen LogP contribution in [0.3, 0.4) is 0 Å². The molecule has 0 unspecified atom stereocenters. The quantitative estimate of drug-likeness (QED) is 0.529. The Balaban J connectivity index is 2.86. The Labute approximate surface area is 109 Å². The molecule has 17 heavy (non-hydrogen) atoms. The van der Waals surface area contributed by atoms with Crippen molar-refractivity contribution in [1.29, 1.82) is 0 Å². The Kier molecular flexibility index (Phi) is 4.49. The van der Waals surface area contributed by atoms with Crippen LogP contribution in [-0.2, 0) is 0 Å². The second-order valence-corrected chi connectivity index (χ2v) is 7.87. The first-order valence-electron chi connectivity index (χ1n) is 7.39. The fraction of sp³-hybridized carbons (Fsp3) is 0.882. The lowest BCUT2D eigenvalue weighted by Crippen LogP contribution is -2.16. The summed E-state index contributed by atoms with van der Waals surface area (Å²) in [6.07, 6.45) is 6.88. The summed E-state index contributed by atoms with van der Waals surface area (Å²) in [7, 11) is 0. The van der Waals surface area contributed by atoms with Crippen LogP contribution in [0.4, 0.5) is 0 Å². The maximum atomic E-state index is 2.39. The molecule has 0 spiro atoms. The Morgan fingerprint density at radius 3 is 1.59 bits per heavy atom. The highest BCUT2D eigenvalue weighted by Crippen LogP contribution is 2.49. The first kappa shape index (κ1) is 14.8. The van der Waals surface area contributed by atoms with E-state index in [-0.39, 0.29) is 0 Å². The molecule has 0 saturated carbocycles. The van der Waals surface area contributed by atoms with Crippen molar-refractivity contribution >= 4 is 0 Å². The minimum absolute atomic E-state index is 0.365. The molecule has 0 nitrogen and oxygen atoms in total. The van der Waals surface area contributed by atoms with Crippen LogP contribution in [0.25, 0.3) is 0 Å². The monoisotopic (exact) mass is 236 g/mol. The van der Waals surface area contributed by atoms with Gasteiger partial charge in [-0.2, -0.15) is 0 Å². The molecule has 100 valence electrons. The van der Waals surface area contributed by atoms with Crippen LogP contribution in [0, 0.1) is 16.7 Å². The molecule has 0 aromatic rings. The summed E-state index contributed by atoms with van der Waals surface area (Å²) in [6, 6.07) is 0. The molecule has 0 heteroatoms. The van der Waals surface area contributed by atoms with Crippen LogP contribution in [0.5, 0.6) is 0 Å². The number of unbranched alkanes of at least 4 members (excludes halogenated alkanes) is 1. The topological polar surface area (TPSA) is 0 Å².